The van der Waals surface area contributed by atoms with E-state index in [2.05, 4.69) is 54.7 Å². The normalized spacial score (nSPS) is 12.1. The van der Waals surface area contributed by atoms with Gasteiger partial charge in [0.05, 0.1) is 6.54 Å². The van der Waals surface area contributed by atoms with Crippen molar-refractivity contribution in [2.75, 3.05) is 0 Å². The summed E-state index contributed by atoms with van der Waals surface area (Å²) in [6.45, 7) is 3.48. The van der Waals surface area contributed by atoms with Crippen molar-refractivity contribution in [2.45, 2.75) is 38.9 Å². The molecule has 1 atom stereocenters. The van der Waals surface area contributed by atoms with Crippen LogP contribution in [-0.2, 0) is 13.1 Å². The van der Waals surface area contributed by atoms with Gasteiger partial charge in [0.15, 0.2) is 0 Å². The maximum atomic E-state index is 6.02. The van der Waals surface area contributed by atoms with Crippen LogP contribution in [0.2, 0.25) is 5.02 Å². The van der Waals surface area contributed by atoms with Crippen molar-refractivity contribution in [3.8, 4) is 11.3 Å². The summed E-state index contributed by atoms with van der Waals surface area (Å²) in [5, 5.41) is 14.1. The van der Waals surface area contributed by atoms with E-state index in [-0.39, 0.29) is 6.04 Å². The summed E-state index contributed by atoms with van der Waals surface area (Å²) in [5.41, 5.74) is 5.38. The first-order valence-corrected chi connectivity index (χ1v) is 11.1. The quantitative estimate of drug-likeness (QED) is 0.340. The van der Waals surface area contributed by atoms with Crippen LogP contribution in [0.3, 0.4) is 0 Å². The van der Waals surface area contributed by atoms with Gasteiger partial charge in [0.2, 0.25) is 0 Å². The van der Waals surface area contributed by atoms with Crippen molar-refractivity contribution in [2.24, 2.45) is 0 Å². The summed E-state index contributed by atoms with van der Waals surface area (Å²) in [4.78, 5) is 1.78. The summed E-state index contributed by atoms with van der Waals surface area (Å²) in [7, 11) is 0. The second-order valence-electron chi connectivity index (χ2n) is 7.65. The van der Waals surface area contributed by atoms with E-state index in [9.17, 15) is 0 Å². The summed E-state index contributed by atoms with van der Waals surface area (Å²) >= 11 is 6.02. The maximum Gasteiger partial charge on any atom is 0.117 e. The molecule has 158 valence electrons. The minimum atomic E-state index is 0.288. The Morgan fingerprint density at radius 2 is 1.55 bits per heavy atom. The van der Waals surface area contributed by atoms with Gasteiger partial charge >= 0.3 is 0 Å². The Morgan fingerprint density at radius 1 is 0.871 bits per heavy atom. The van der Waals surface area contributed by atoms with E-state index < -0.39 is 0 Å². The van der Waals surface area contributed by atoms with Gasteiger partial charge in [-0.15, -0.1) is 0 Å². The molecule has 0 unspecified atom stereocenters. The number of nitrogens with one attached hydrogen (secondary N) is 1. The van der Waals surface area contributed by atoms with Crippen LogP contribution >= 0.6 is 11.6 Å². The van der Waals surface area contributed by atoms with Crippen LogP contribution in [0.1, 0.15) is 42.6 Å². The van der Waals surface area contributed by atoms with Crippen LogP contribution in [0, 0.1) is 0 Å². The zero-order chi connectivity index (χ0) is 21.5. The summed E-state index contributed by atoms with van der Waals surface area (Å²) < 4.78 is 0. The van der Waals surface area contributed by atoms with E-state index in [1.54, 1.807) is 4.80 Å². The van der Waals surface area contributed by atoms with E-state index >= 15 is 0 Å². The van der Waals surface area contributed by atoms with E-state index in [0.29, 0.717) is 13.1 Å². The standard InChI is InChI=1S/C26H27ClN4/c1-2-9-24(21-10-5-3-6-11-21)28-18-25-26(22-12-7-4-8-13-22)30-31(29-25)19-20-14-16-23(27)17-15-20/h3-8,10-17,24,28H,2,9,18-19H2,1H3/t24-/m1/s1. The molecule has 1 heterocycles. The number of hydrogen-bond donors (Lipinski definition) is 1. The molecule has 0 radical (unpaired) electrons. The largest absolute Gasteiger partial charge is 0.304 e. The maximum absolute atomic E-state index is 6.02. The van der Waals surface area contributed by atoms with Crippen molar-refractivity contribution in [1.29, 1.82) is 0 Å². The fourth-order valence-electron chi connectivity index (χ4n) is 3.73. The molecular weight excluding hydrogens is 404 g/mol. The molecule has 0 amide bonds. The lowest BCUT2D eigenvalue weighted by atomic mass is 10.0. The number of halogens is 1. The molecule has 4 nitrogen and oxygen atoms in total. The van der Waals surface area contributed by atoms with Crippen molar-refractivity contribution in [3.63, 3.8) is 0 Å². The molecule has 0 aliphatic rings. The second-order valence-corrected chi connectivity index (χ2v) is 8.09. The Labute approximate surface area is 188 Å². The number of rotatable bonds is 9. The third-order valence-corrected chi connectivity index (χ3v) is 5.56. The minimum absolute atomic E-state index is 0.288. The summed E-state index contributed by atoms with van der Waals surface area (Å²) in [6, 6.07) is 29.0. The number of nitrogens with zero attached hydrogens (tertiary/aromatic N) is 3. The van der Waals surface area contributed by atoms with Gasteiger partial charge in [-0.1, -0.05) is 97.7 Å². The highest BCUT2D eigenvalue weighted by Crippen LogP contribution is 2.23. The smallest absolute Gasteiger partial charge is 0.117 e. The van der Waals surface area contributed by atoms with Crippen LogP contribution in [0.4, 0.5) is 0 Å². The molecule has 0 saturated heterocycles. The van der Waals surface area contributed by atoms with Crippen LogP contribution < -0.4 is 5.32 Å². The predicted molar refractivity (Wildman–Crippen MR) is 127 cm³/mol. The van der Waals surface area contributed by atoms with Gasteiger partial charge in [-0.3, -0.25) is 0 Å². The van der Waals surface area contributed by atoms with Gasteiger partial charge < -0.3 is 5.32 Å². The van der Waals surface area contributed by atoms with E-state index in [1.165, 1.54) is 5.56 Å². The fourth-order valence-corrected chi connectivity index (χ4v) is 3.85. The van der Waals surface area contributed by atoms with Crippen molar-refractivity contribution in [1.82, 2.24) is 20.3 Å². The van der Waals surface area contributed by atoms with Gasteiger partial charge in [0.1, 0.15) is 11.4 Å². The molecule has 5 heteroatoms. The van der Waals surface area contributed by atoms with Gasteiger partial charge in [0.25, 0.3) is 0 Å². The number of hydrogen-bond acceptors (Lipinski definition) is 3. The highest BCUT2D eigenvalue weighted by molar-refractivity contribution is 6.30. The van der Waals surface area contributed by atoms with Crippen molar-refractivity contribution < 1.29 is 0 Å². The molecule has 0 saturated carbocycles. The van der Waals surface area contributed by atoms with E-state index in [1.807, 2.05) is 42.5 Å². The van der Waals surface area contributed by atoms with Gasteiger partial charge in [0, 0.05) is 23.2 Å². The lowest BCUT2D eigenvalue weighted by Crippen LogP contribution is -2.21. The van der Waals surface area contributed by atoms with E-state index in [0.717, 1.165) is 40.4 Å². The molecule has 1 N–H and O–H groups in total. The third-order valence-electron chi connectivity index (χ3n) is 5.30. The monoisotopic (exact) mass is 430 g/mol. The fraction of sp³-hybridized carbons (Fsp3) is 0.231. The van der Waals surface area contributed by atoms with Crippen LogP contribution in [0.25, 0.3) is 11.3 Å². The molecule has 0 aliphatic carbocycles. The summed E-state index contributed by atoms with van der Waals surface area (Å²) in [6.07, 6.45) is 2.19. The molecule has 0 aliphatic heterocycles. The van der Waals surface area contributed by atoms with Crippen LogP contribution in [0.15, 0.2) is 84.9 Å². The van der Waals surface area contributed by atoms with E-state index in [4.69, 9.17) is 21.8 Å². The second kappa shape index (κ2) is 10.4. The molecule has 0 spiro atoms. The molecule has 1 aromatic heterocycles. The number of benzene rings is 3. The molecular formula is C26H27ClN4. The Kier molecular flexibility index (Phi) is 7.13. The average Bonchev–Trinajstić information content (AvgIpc) is 3.22. The third kappa shape index (κ3) is 5.60. The topological polar surface area (TPSA) is 42.7 Å². The zero-order valence-corrected chi connectivity index (χ0v) is 18.5. The average molecular weight is 431 g/mol. The highest BCUT2D eigenvalue weighted by Gasteiger charge is 2.16. The Balaban J connectivity index is 1.58. The lowest BCUT2D eigenvalue weighted by Gasteiger charge is -2.18. The molecule has 3 aromatic carbocycles. The first kappa shape index (κ1) is 21.3. The van der Waals surface area contributed by atoms with Gasteiger partial charge in [-0.2, -0.15) is 15.0 Å². The number of aromatic nitrogens is 3. The first-order chi connectivity index (χ1) is 15.2. The Morgan fingerprint density at radius 3 is 2.23 bits per heavy atom. The Bertz CT molecular complexity index is 1080. The summed E-state index contributed by atoms with van der Waals surface area (Å²) in [5.74, 6) is 0. The molecule has 31 heavy (non-hydrogen) atoms. The molecule has 0 fully saturated rings. The lowest BCUT2D eigenvalue weighted by molar-refractivity contribution is 0.485. The zero-order valence-electron chi connectivity index (χ0n) is 17.7. The van der Waals surface area contributed by atoms with Gasteiger partial charge in [-0.25, -0.2) is 0 Å². The minimum Gasteiger partial charge on any atom is -0.304 e. The van der Waals surface area contributed by atoms with Crippen LogP contribution in [-0.4, -0.2) is 15.0 Å². The highest BCUT2D eigenvalue weighted by atomic mass is 35.5. The van der Waals surface area contributed by atoms with Crippen LogP contribution in [0.5, 0.6) is 0 Å². The van der Waals surface area contributed by atoms with Crippen molar-refractivity contribution >= 4 is 11.6 Å². The molecule has 4 rings (SSSR count). The first-order valence-electron chi connectivity index (χ1n) is 10.7. The molecule has 0 bridgehead atoms. The van der Waals surface area contributed by atoms with Gasteiger partial charge in [-0.05, 0) is 29.7 Å². The predicted octanol–water partition coefficient (Wildman–Crippen LogP) is 6.28. The Hall–Kier alpha value is -2.95. The SMILES string of the molecule is CCC[C@@H](NCc1nn(Cc2ccc(Cl)cc2)nc1-c1ccccc1)c1ccccc1. The molecule has 4 aromatic rings. The van der Waals surface area contributed by atoms with Crippen molar-refractivity contribution in [3.05, 3.63) is 107 Å².